The quantitative estimate of drug-likeness (QED) is 0.726. The van der Waals surface area contributed by atoms with E-state index in [9.17, 15) is 9.59 Å². The van der Waals surface area contributed by atoms with Crippen molar-refractivity contribution in [2.24, 2.45) is 0 Å². The first-order chi connectivity index (χ1) is 13.7. The molecule has 0 unspecified atom stereocenters. The fourth-order valence-electron chi connectivity index (χ4n) is 3.44. The number of thiazole rings is 1. The van der Waals surface area contributed by atoms with Crippen molar-refractivity contribution in [3.05, 3.63) is 59.1 Å². The van der Waals surface area contributed by atoms with E-state index in [1.165, 1.54) is 0 Å². The van der Waals surface area contributed by atoms with Gasteiger partial charge in [-0.05, 0) is 49.2 Å². The fourth-order valence-corrected chi connectivity index (χ4v) is 4.55. The minimum Gasteiger partial charge on any atom is -0.329 e. The molecule has 1 atom stereocenters. The van der Waals surface area contributed by atoms with Gasteiger partial charge in [-0.15, -0.1) is 11.3 Å². The van der Waals surface area contributed by atoms with E-state index in [4.69, 9.17) is 10.2 Å². The summed E-state index contributed by atoms with van der Waals surface area (Å²) in [6.07, 6.45) is 1.67. The van der Waals surface area contributed by atoms with Gasteiger partial charge in [-0.3, -0.25) is 9.59 Å². The van der Waals surface area contributed by atoms with Crippen LogP contribution in [0.3, 0.4) is 0 Å². The third-order valence-electron chi connectivity index (χ3n) is 4.76. The number of anilines is 1. The highest BCUT2D eigenvalue weighted by Gasteiger charge is 2.32. The van der Waals surface area contributed by atoms with Crippen molar-refractivity contribution in [2.45, 2.75) is 25.3 Å². The Kier molecular flexibility index (Phi) is 5.04. The highest BCUT2D eigenvalue weighted by molar-refractivity contribution is 7.18. The highest BCUT2D eigenvalue weighted by atomic mass is 32.1. The Labute approximate surface area is 166 Å². The topological polar surface area (TPSA) is 86.1 Å². The van der Waals surface area contributed by atoms with Crippen LogP contribution in [0.2, 0.25) is 0 Å². The number of carbonyl (C=O) groups is 2. The molecule has 2 aromatic carbocycles. The first-order valence-corrected chi connectivity index (χ1v) is 9.90. The van der Waals surface area contributed by atoms with Crippen LogP contribution in [0.15, 0.2) is 48.5 Å². The second kappa shape index (κ2) is 7.79. The summed E-state index contributed by atoms with van der Waals surface area (Å²) in [6, 6.07) is 16.6. The van der Waals surface area contributed by atoms with Gasteiger partial charge in [0.25, 0.3) is 5.91 Å². The molecule has 2 amide bonds. The predicted molar refractivity (Wildman–Crippen MR) is 108 cm³/mol. The Bertz CT molecular complexity index is 1030. The van der Waals surface area contributed by atoms with E-state index in [2.05, 4.69) is 11.4 Å². The molecule has 140 valence electrons. The number of benzene rings is 2. The van der Waals surface area contributed by atoms with Crippen molar-refractivity contribution in [1.29, 1.82) is 5.26 Å². The molecule has 2 heterocycles. The summed E-state index contributed by atoms with van der Waals surface area (Å²) in [5, 5.41) is 12.2. The minimum atomic E-state index is -0.364. The number of nitriles is 1. The van der Waals surface area contributed by atoms with Crippen molar-refractivity contribution >= 4 is 39.1 Å². The molecule has 1 aromatic heterocycles. The Hall–Kier alpha value is -3.24. The standard InChI is InChI=1S/C21H18N4O2S/c22-12-11-19(26)23-15-9-7-14(8-10-15)21(27)25-13-3-5-17(25)20-24-16-4-1-2-6-18(16)28-20/h1-2,4,6-10,17H,3,5,11,13H2,(H,23,26)/t17-/m0/s1. The average Bonchev–Trinajstić information content (AvgIpc) is 3.35. The molecule has 1 fully saturated rings. The van der Waals surface area contributed by atoms with Gasteiger partial charge in [0, 0.05) is 17.8 Å². The normalized spacial score (nSPS) is 16.1. The Morgan fingerprint density at radius 1 is 1.21 bits per heavy atom. The van der Waals surface area contributed by atoms with Crippen LogP contribution >= 0.6 is 11.3 Å². The summed E-state index contributed by atoms with van der Waals surface area (Å²) >= 11 is 1.65. The predicted octanol–water partition coefficient (Wildman–Crippen LogP) is 4.13. The molecule has 1 aliphatic rings. The van der Waals surface area contributed by atoms with E-state index in [0.29, 0.717) is 17.8 Å². The lowest BCUT2D eigenvalue weighted by Crippen LogP contribution is -2.30. The maximum atomic E-state index is 13.1. The lowest BCUT2D eigenvalue weighted by molar-refractivity contribution is -0.115. The number of para-hydroxylation sites is 1. The van der Waals surface area contributed by atoms with E-state index < -0.39 is 0 Å². The van der Waals surface area contributed by atoms with Gasteiger partial charge in [-0.2, -0.15) is 5.26 Å². The number of amides is 2. The third kappa shape index (κ3) is 3.59. The molecule has 6 nitrogen and oxygen atoms in total. The van der Waals surface area contributed by atoms with Crippen LogP contribution in [-0.2, 0) is 4.79 Å². The van der Waals surface area contributed by atoms with Gasteiger partial charge in [0.1, 0.15) is 11.4 Å². The lowest BCUT2D eigenvalue weighted by Gasteiger charge is -2.23. The van der Waals surface area contributed by atoms with Crippen LogP contribution in [0.25, 0.3) is 10.2 Å². The molecule has 0 bridgehead atoms. The van der Waals surface area contributed by atoms with Crippen molar-refractivity contribution in [3.8, 4) is 6.07 Å². The lowest BCUT2D eigenvalue weighted by atomic mass is 10.1. The Morgan fingerprint density at radius 3 is 2.75 bits per heavy atom. The number of carbonyl (C=O) groups excluding carboxylic acids is 2. The number of rotatable bonds is 4. The van der Waals surface area contributed by atoms with Crippen LogP contribution in [0.1, 0.15) is 40.7 Å². The SMILES string of the molecule is N#CCC(=O)Nc1ccc(C(=O)N2CCC[C@H]2c2nc3ccccc3s2)cc1. The summed E-state index contributed by atoms with van der Waals surface area (Å²) in [7, 11) is 0. The van der Waals surface area contributed by atoms with Gasteiger partial charge in [-0.1, -0.05) is 12.1 Å². The van der Waals surface area contributed by atoms with Crippen LogP contribution < -0.4 is 5.32 Å². The van der Waals surface area contributed by atoms with Crippen LogP contribution in [-0.4, -0.2) is 28.2 Å². The first-order valence-electron chi connectivity index (χ1n) is 9.09. The number of nitrogens with zero attached hydrogens (tertiary/aromatic N) is 3. The minimum absolute atomic E-state index is 0.0000853. The second-order valence-corrected chi connectivity index (χ2v) is 7.70. The number of nitrogens with one attached hydrogen (secondary N) is 1. The van der Waals surface area contributed by atoms with E-state index in [-0.39, 0.29) is 24.3 Å². The second-order valence-electron chi connectivity index (χ2n) is 6.64. The van der Waals surface area contributed by atoms with E-state index in [1.807, 2.05) is 23.1 Å². The zero-order chi connectivity index (χ0) is 19.5. The molecule has 0 aliphatic carbocycles. The van der Waals surface area contributed by atoms with E-state index in [0.717, 1.165) is 28.1 Å². The molecule has 1 aliphatic heterocycles. The first kappa shape index (κ1) is 18.1. The molecule has 4 rings (SSSR count). The summed E-state index contributed by atoms with van der Waals surface area (Å²) in [5.74, 6) is -0.395. The van der Waals surface area contributed by atoms with E-state index >= 15 is 0 Å². The van der Waals surface area contributed by atoms with Crippen molar-refractivity contribution in [2.75, 3.05) is 11.9 Å². The fraction of sp³-hybridized carbons (Fsp3) is 0.238. The molecular weight excluding hydrogens is 372 g/mol. The van der Waals surface area contributed by atoms with Crippen LogP contribution in [0.5, 0.6) is 0 Å². The maximum Gasteiger partial charge on any atom is 0.254 e. The summed E-state index contributed by atoms with van der Waals surface area (Å²) in [4.78, 5) is 31.2. The average molecular weight is 390 g/mol. The number of hydrogen-bond acceptors (Lipinski definition) is 5. The van der Waals surface area contributed by atoms with E-state index in [1.54, 1.807) is 41.7 Å². The van der Waals surface area contributed by atoms with Gasteiger partial charge in [0.15, 0.2) is 0 Å². The highest BCUT2D eigenvalue weighted by Crippen LogP contribution is 2.37. The monoisotopic (exact) mass is 390 g/mol. The Balaban J connectivity index is 1.52. The molecule has 0 saturated carbocycles. The van der Waals surface area contributed by atoms with Gasteiger partial charge < -0.3 is 10.2 Å². The number of likely N-dealkylation sites (tertiary alicyclic amines) is 1. The molecule has 1 saturated heterocycles. The molecule has 1 N–H and O–H groups in total. The van der Waals surface area contributed by atoms with Crippen molar-refractivity contribution < 1.29 is 9.59 Å². The van der Waals surface area contributed by atoms with Gasteiger partial charge in [-0.25, -0.2) is 4.98 Å². The summed E-state index contributed by atoms with van der Waals surface area (Å²) in [6.45, 7) is 0.708. The zero-order valence-electron chi connectivity index (χ0n) is 15.1. The summed E-state index contributed by atoms with van der Waals surface area (Å²) < 4.78 is 1.13. The van der Waals surface area contributed by atoms with Crippen LogP contribution in [0, 0.1) is 11.3 Å². The maximum absolute atomic E-state index is 13.1. The van der Waals surface area contributed by atoms with Gasteiger partial charge >= 0.3 is 0 Å². The van der Waals surface area contributed by atoms with Crippen molar-refractivity contribution in [3.63, 3.8) is 0 Å². The molecular formula is C21H18N4O2S. The third-order valence-corrected chi connectivity index (χ3v) is 5.90. The molecule has 3 aromatic rings. The largest absolute Gasteiger partial charge is 0.329 e. The molecule has 28 heavy (non-hydrogen) atoms. The Morgan fingerprint density at radius 2 is 2.00 bits per heavy atom. The van der Waals surface area contributed by atoms with Crippen LogP contribution in [0.4, 0.5) is 5.69 Å². The zero-order valence-corrected chi connectivity index (χ0v) is 15.9. The number of hydrogen-bond donors (Lipinski definition) is 1. The van der Waals surface area contributed by atoms with Gasteiger partial charge in [0.05, 0.1) is 22.3 Å². The summed E-state index contributed by atoms with van der Waals surface area (Å²) in [5.41, 5.74) is 2.12. The van der Waals surface area contributed by atoms with Crippen molar-refractivity contribution in [1.82, 2.24) is 9.88 Å². The number of fused-ring (bicyclic) bond motifs is 1. The smallest absolute Gasteiger partial charge is 0.254 e. The molecule has 0 radical (unpaired) electrons. The van der Waals surface area contributed by atoms with Gasteiger partial charge in [0.2, 0.25) is 5.91 Å². The molecule has 7 heteroatoms. The molecule has 0 spiro atoms. The number of aromatic nitrogens is 1.